The zero-order chi connectivity index (χ0) is 78.1. The minimum absolute atomic E-state index is 0.230. The predicted octanol–water partition coefficient (Wildman–Crippen LogP) is 13.1. The quantitative estimate of drug-likeness (QED) is 0.0252. The number of hydrogen-bond donors (Lipinski definition) is 14. The average molecular weight is 1530 g/mol. The predicted molar refractivity (Wildman–Crippen MR) is 417 cm³/mol. The fourth-order valence-corrected chi connectivity index (χ4v) is 15.7. The van der Waals surface area contributed by atoms with E-state index < -0.39 is 148 Å². The fourth-order valence-electron chi connectivity index (χ4n) is 15.7. The van der Waals surface area contributed by atoms with Crippen LogP contribution in [0, 0.1) is 0 Å². The summed E-state index contributed by atoms with van der Waals surface area (Å²) in [5, 5.41) is 137. The maximum Gasteiger partial charge on any atom is 0.364 e. The fraction of sp³-hybridized carbons (Fsp3) is 0.964. The van der Waals surface area contributed by atoms with Gasteiger partial charge in [-0.05, 0) is 12.8 Å². The van der Waals surface area contributed by atoms with Crippen molar-refractivity contribution in [2.45, 2.75) is 490 Å². The second-order valence-electron chi connectivity index (χ2n) is 32.1. The van der Waals surface area contributed by atoms with Crippen molar-refractivity contribution in [2.75, 3.05) is 26.4 Å². The van der Waals surface area contributed by atoms with Gasteiger partial charge in [-0.1, -0.05) is 348 Å². The Hall–Kier alpha value is -2.27. The van der Waals surface area contributed by atoms with Crippen molar-refractivity contribution in [3.05, 3.63) is 0 Å². The Morgan fingerprint density at radius 3 is 1.17 bits per heavy atom. The maximum absolute atomic E-state index is 13.6. The SMILES string of the molecule is CCCCCCCCCCCCCCCCCCCCCCCCCCCCCCC(=O)NC(COC1OC(CO)C(OC2OC(CO)C(O)C(OC3(C(=O)O)CC(O)C(NC(C)=O)C(C(O)C(O)CO)O3)C2O)C(O)C1O)C(O)CCCCCCCCCCCCCCCCCCCCCCCCCCC. The Morgan fingerprint density at radius 2 is 0.813 bits per heavy atom. The summed E-state index contributed by atoms with van der Waals surface area (Å²) in [5.74, 6) is -6.08. The van der Waals surface area contributed by atoms with E-state index in [-0.39, 0.29) is 18.9 Å². The number of aliphatic carboxylic acids is 1. The lowest BCUT2D eigenvalue weighted by Crippen LogP contribution is -2.70. The van der Waals surface area contributed by atoms with Gasteiger partial charge in [-0.3, -0.25) is 9.59 Å². The summed E-state index contributed by atoms with van der Waals surface area (Å²) in [5.41, 5.74) is 0. The Balaban J connectivity index is 1.47. The molecule has 0 aliphatic carbocycles. The van der Waals surface area contributed by atoms with E-state index >= 15 is 0 Å². The number of amides is 2. The molecule has 3 fully saturated rings. The summed E-state index contributed by atoms with van der Waals surface area (Å²) in [4.78, 5) is 38.8. The number of carboxylic acids is 1. The number of nitrogens with one attached hydrogen (secondary N) is 2. The number of unbranched alkanes of at least 4 members (excludes halogenated alkanes) is 51. The molecule has 107 heavy (non-hydrogen) atoms. The van der Waals surface area contributed by atoms with Crippen LogP contribution in [0.15, 0.2) is 0 Å². The van der Waals surface area contributed by atoms with Crippen LogP contribution in [0.5, 0.6) is 0 Å². The van der Waals surface area contributed by atoms with Gasteiger partial charge in [0.2, 0.25) is 11.8 Å². The summed E-state index contributed by atoms with van der Waals surface area (Å²) < 4.78 is 35.1. The van der Waals surface area contributed by atoms with Gasteiger partial charge in [0.1, 0.15) is 67.1 Å². The molecule has 23 nitrogen and oxygen atoms in total. The van der Waals surface area contributed by atoms with Crippen molar-refractivity contribution in [2.24, 2.45) is 0 Å². The van der Waals surface area contributed by atoms with E-state index in [9.17, 15) is 75.7 Å². The zero-order valence-electron chi connectivity index (χ0n) is 67.3. The van der Waals surface area contributed by atoms with Gasteiger partial charge in [-0.2, -0.15) is 0 Å². The smallest absolute Gasteiger partial charge is 0.364 e. The first-order valence-corrected chi connectivity index (χ1v) is 43.9. The molecule has 18 unspecified atom stereocenters. The van der Waals surface area contributed by atoms with Crippen LogP contribution in [0.25, 0.3) is 0 Å². The third kappa shape index (κ3) is 42.6. The van der Waals surface area contributed by atoms with Crippen LogP contribution in [0.1, 0.15) is 380 Å². The van der Waals surface area contributed by atoms with E-state index in [0.717, 1.165) is 51.9 Å². The molecule has 0 radical (unpaired) electrons. The molecular formula is C84H160N2O21. The number of hydrogen-bond acceptors (Lipinski definition) is 20. The largest absolute Gasteiger partial charge is 0.477 e. The normalized spacial score (nSPS) is 25.9. The molecule has 3 heterocycles. The molecule has 0 aromatic rings. The number of carboxylic acid groups (broad SMARTS) is 1. The standard InChI is InChI=1S/C84H160N2O21/c1-4-6-8-10-12-14-16-18-20-22-24-26-28-30-31-32-34-36-38-40-42-44-46-48-50-52-54-56-58-71(94)86-65(66(91)57-55-53-51-49-47-45-43-41-39-37-35-33-29-27-25-23-21-19-17-15-13-11-9-7-5-2)63-102-81-76(98)75(97)78(70(62-89)104-81)105-82-77(99)80(74(96)69(61-88)103-82)107-84(83(100)101)59-67(92)72(85-64(3)90)79(106-84)73(95)68(93)60-87/h65-70,72-82,87-89,91-93,95-99H,4-63H2,1-3H3,(H,85,90)(H,86,94)(H,100,101). The molecule has 2 amide bonds. The highest BCUT2D eigenvalue weighted by Crippen LogP contribution is 2.39. The summed E-state index contributed by atoms with van der Waals surface area (Å²) in [7, 11) is 0. The third-order valence-corrected chi connectivity index (χ3v) is 22.6. The summed E-state index contributed by atoms with van der Waals surface area (Å²) in [6.45, 7) is 2.29. The Kier molecular flexibility index (Phi) is 58.3. The van der Waals surface area contributed by atoms with Crippen LogP contribution in [-0.4, -0.2) is 215 Å². The molecule has 0 aromatic carbocycles. The molecule has 3 aliphatic rings. The zero-order valence-corrected chi connectivity index (χ0v) is 67.3. The van der Waals surface area contributed by atoms with Gasteiger partial charge < -0.3 is 100 Å². The highest BCUT2D eigenvalue weighted by Gasteiger charge is 2.60. The van der Waals surface area contributed by atoms with E-state index in [2.05, 4.69) is 24.5 Å². The first kappa shape index (κ1) is 98.9. The van der Waals surface area contributed by atoms with E-state index in [4.69, 9.17) is 28.4 Å². The minimum atomic E-state index is -3.08. The molecule has 3 rings (SSSR count). The monoisotopic (exact) mass is 1530 g/mol. The summed E-state index contributed by atoms with van der Waals surface area (Å²) >= 11 is 0. The van der Waals surface area contributed by atoms with Gasteiger partial charge in [0.15, 0.2) is 12.6 Å². The highest BCUT2D eigenvalue weighted by atomic mass is 16.8. The lowest BCUT2D eigenvalue weighted by molar-refractivity contribution is -0.386. The lowest BCUT2D eigenvalue weighted by atomic mass is 9.88. The summed E-state index contributed by atoms with van der Waals surface area (Å²) in [6.07, 6.45) is 39.6. The van der Waals surface area contributed by atoms with Crippen molar-refractivity contribution in [1.29, 1.82) is 0 Å². The molecule has 0 spiro atoms. The van der Waals surface area contributed by atoms with Gasteiger partial charge in [0, 0.05) is 19.8 Å². The van der Waals surface area contributed by atoms with Crippen LogP contribution < -0.4 is 10.6 Å². The van der Waals surface area contributed by atoms with E-state index in [0.29, 0.717) is 19.3 Å². The number of rotatable bonds is 71. The first-order valence-electron chi connectivity index (χ1n) is 43.9. The van der Waals surface area contributed by atoms with Crippen LogP contribution in [0.3, 0.4) is 0 Å². The van der Waals surface area contributed by atoms with Gasteiger partial charge in [-0.15, -0.1) is 0 Å². The highest BCUT2D eigenvalue weighted by molar-refractivity contribution is 5.77. The van der Waals surface area contributed by atoms with Crippen LogP contribution >= 0.6 is 0 Å². The van der Waals surface area contributed by atoms with Gasteiger partial charge in [-0.25, -0.2) is 4.79 Å². The van der Waals surface area contributed by atoms with Gasteiger partial charge >= 0.3 is 5.97 Å². The topological polar surface area (TPSA) is 373 Å². The van der Waals surface area contributed by atoms with Crippen LogP contribution in [0.2, 0.25) is 0 Å². The second kappa shape index (κ2) is 63.1. The Labute approximate surface area is 646 Å². The molecule has 0 aromatic heterocycles. The molecule has 3 saturated heterocycles. The molecular weight excluding hydrogens is 1370 g/mol. The third-order valence-electron chi connectivity index (χ3n) is 22.6. The van der Waals surface area contributed by atoms with Crippen LogP contribution in [0.4, 0.5) is 0 Å². The number of carbonyl (C=O) groups is 3. The van der Waals surface area contributed by atoms with E-state index in [1.165, 1.54) is 283 Å². The molecule has 23 heteroatoms. The van der Waals surface area contributed by atoms with Gasteiger partial charge in [0.25, 0.3) is 5.79 Å². The molecule has 0 bridgehead atoms. The lowest BCUT2D eigenvalue weighted by Gasteiger charge is -2.50. The average Bonchev–Trinajstić information content (AvgIpc) is 0.760. The van der Waals surface area contributed by atoms with Gasteiger partial charge in [0.05, 0.1) is 50.7 Å². The number of carbonyl (C=O) groups excluding carboxylic acids is 2. The van der Waals surface area contributed by atoms with Crippen molar-refractivity contribution in [1.82, 2.24) is 10.6 Å². The first-order chi connectivity index (χ1) is 51.9. The minimum Gasteiger partial charge on any atom is -0.477 e. The van der Waals surface area contributed by atoms with Crippen LogP contribution in [-0.2, 0) is 42.8 Å². The molecule has 0 saturated carbocycles. The second-order valence-corrected chi connectivity index (χ2v) is 32.1. The summed E-state index contributed by atoms with van der Waals surface area (Å²) in [6, 6.07) is -2.53. The van der Waals surface area contributed by atoms with Crippen molar-refractivity contribution in [3.8, 4) is 0 Å². The number of ether oxygens (including phenoxy) is 6. The van der Waals surface area contributed by atoms with Crippen molar-refractivity contribution in [3.63, 3.8) is 0 Å². The Morgan fingerprint density at radius 1 is 0.449 bits per heavy atom. The molecule has 18 atom stereocenters. The molecule has 14 N–H and O–H groups in total. The molecule has 3 aliphatic heterocycles. The van der Waals surface area contributed by atoms with E-state index in [1.807, 2.05) is 0 Å². The van der Waals surface area contributed by atoms with Crippen molar-refractivity contribution >= 4 is 17.8 Å². The van der Waals surface area contributed by atoms with E-state index in [1.54, 1.807) is 0 Å². The number of aliphatic hydroxyl groups is 11. The Bertz CT molecular complexity index is 2120. The maximum atomic E-state index is 13.6. The number of aliphatic hydroxyl groups excluding tert-OH is 11. The molecule has 632 valence electrons. The van der Waals surface area contributed by atoms with Crippen molar-refractivity contribution < 1.29 is 104 Å².